The molecule has 0 aliphatic rings. The molecule has 0 aliphatic carbocycles. The third-order valence-electron chi connectivity index (χ3n) is 3.88. The van der Waals surface area contributed by atoms with Gasteiger partial charge in [0.2, 0.25) is 0 Å². The summed E-state index contributed by atoms with van der Waals surface area (Å²) >= 11 is 1.55. The highest BCUT2D eigenvalue weighted by Gasteiger charge is 2.24. The summed E-state index contributed by atoms with van der Waals surface area (Å²) in [6.45, 7) is 7.55. The van der Waals surface area contributed by atoms with E-state index in [-0.39, 0.29) is 0 Å². The first-order chi connectivity index (χ1) is 12.0. The van der Waals surface area contributed by atoms with Crippen LogP contribution in [0.3, 0.4) is 0 Å². The molecule has 0 amide bonds. The zero-order chi connectivity index (χ0) is 18.3. The van der Waals surface area contributed by atoms with E-state index < -0.39 is 5.60 Å². The van der Waals surface area contributed by atoms with Crippen LogP contribution in [0.1, 0.15) is 29.9 Å². The second-order valence-electron chi connectivity index (χ2n) is 6.10. The molecule has 1 aromatic heterocycles. The maximum atomic E-state index is 10.6. The summed E-state index contributed by atoms with van der Waals surface area (Å²) in [5, 5.41) is 19.0. The third kappa shape index (κ3) is 5.47. The fraction of sp³-hybridized carbons (Fsp3) is 0.421. The molecule has 0 fully saturated rings. The van der Waals surface area contributed by atoms with Crippen LogP contribution in [-0.4, -0.2) is 31.3 Å². The number of ether oxygens (including phenoxy) is 1. The Kier molecular flexibility index (Phi) is 6.84. The average Bonchev–Trinajstić information content (AvgIpc) is 3.13. The highest BCUT2D eigenvalue weighted by molar-refractivity contribution is 7.10. The number of rotatable bonds is 7. The Morgan fingerprint density at radius 3 is 2.72 bits per heavy atom. The topological polar surface area (TPSA) is 65.9 Å². The number of aliphatic imine (C=N–C) groups is 1. The van der Waals surface area contributed by atoms with Crippen LogP contribution in [0.15, 0.2) is 40.7 Å². The van der Waals surface area contributed by atoms with Gasteiger partial charge in [0, 0.05) is 11.4 Å². The molecule has 1 heterocycles. The summed E-state index contributed by atoms with van der Waals surface area (Å²) in [4.78, 5) is 5.54. The largest absolute Gasteiger partial charge is 0.496 e. The fourth-order valence-electron chi connectivity index (χ4n) is 2.48. The maximum Gasteiger partial charge on any atom is 0.191 e. The summed E-state index contributed by atoms with van der Waals surface area (Å²) in [6.07, 6.45) is 0. The van der Waals surface area contributed by atoms with E-state index in [4.69, 9.17) is 4.74 Å². The van der Waals surface area contributed by atoms with Crippen molar-refractivity contribution in [3.63, 3.8) is 0 Å². The number of thiophene rings is 1. The molecule has 0 aliphatic heterocycles. The Morgan fingerprint density at radius 1 is 1.32 bits per heavy atom. The van der Waals surface area contributed by atoms with Gasteiger partial charge in [0.25, 0.3) is 0 Å². The molecule has 0 spiro atoms. The Hall–Kier alpha value is -2.05. The van der Waals surface area contributed by atoms with E-state index in [0.29, 0.717) is 19.0 Å². The molecule has 2 rings (SSSR count). The molecule has 136 valence electrons. The molecule has 1 unspecified atom stereocenters. The molecule has 0 saturated heterocycles. The van der Waals surface area contributed by atoms with E-state index in [0.717, 1.165) is 28.3 Å². The van der Waals surface area contributed by atoms with Crippen LogP contribution in [-0.2, 0) is 12.1 Å². The maximum absolute atomic E-state index is 10.6. The number of guanidine groups is 1. The second-order valence-corrected chi connectivity index (χ2v) is 7.05. The molecule has 1 atom stereocenters. The van der Waals surface area contributed by atoms with E-state index >= 15 is 0 Å². The van der Waals surface area contributed by atoms with Crippen molar-refractivity contribution in [2.75, 3.05) is 20.2 Å². The summed E-state index contributed by atoms with van der Waals surface area (Å²) in [6, 6.07) is 9.94. The van der Waals surface area contributed by atoms with Crippen molar-refractivity contribution < 1.29 is 9.84 Å². The highest BCUT2D eigenvalue weighted by atomic mass is 32.1. The van der Waals surface area contributed by atoms with Crippen molar-refractivity contribution in [2.45, 2.75) is 32.9 Å². The van der Waals surface area contributed by atoms with Crippen LogP contribution >= 0.6 is 11.3 Å². The Balaban J connectivity index is 2.02. The second kappa shape index (κ2) is 8.87. The highest BCUT2D eigenvalue weighted by Crippen LogP contribution is 2.24. The molecule has 1 aromatic carbocycles. The van der Waals surface area contributed by atoms with Gasteiger partial charge in [-0.15, -0.1) is 11.3 Å². The molecule has 0 radical (unpaired) electrons. The number of benzene rings is 1. The van der Waals surface area contributed by atoms with Crippen LogP contribution in [0, 0.1) is 6.92 Å². The van der Waals surface area contributed by atoms with Gasteiger partial charge in [-0.25, -0.2) is 4.99 Å². The van der Waals surface area contributed by atoms with Crippen molar-refractivity contribution >= 4 is 17.3 Å². The van der Waals surface area contributed by atoms with E-state index in [1.807, 2.05) is 50.4 Å². The minimum atomic E-state index is -0.930. The van der Waals surface area contributed by atoms with Crippen molar-refractivity contribution in [3.8, 4) is 5.75 Å². The Bertz CT molecular complexity index is 697. The lowest BCUT2D eigenvalue weighted by Crippen LogP contribution is -2.44. The summed E-state index contributed by atoms with van der Waals surface area (Å²) in [5.41, 5.74) is 1.27. The number of hydrogen-bond acceptors (Lipinski definition) is 4. The quantitative estimate of drug-likeness (QED) is 0.524. The summed E-state index contributed by atoms with van der Waals surface area (Å²) in [7, 11) is 1.67. The van der Waals surface area contributed by atoms with Crippen LogP contribution < -0.4 is 15.4 Å². The minimum Gasteiger partial charge on any atom is -0.496 e. The SMILES string of the molecule is CCNC(=NCc1ccc(OC)c(C)c1)NCC(C)(O)c1cccs1. The van der Waals surface area contributed by atoms with Gasteiger partial charge >= 0.3 is 0 Å². The number of nitrogens with one attached hydrogen (secondary N) is 2. The van der Waals surface area contributed by atoms with Crippen molar-refractivity contribution in [2.24, 2.45) is 4.99 Å². The number of aryl methyl sites for hydroxylation is 1. The molecule has 3 N–H and O–H groups in total. The predicted octanol–water partition coefficient (Wildman–Crippen LogP) is 3.03. The lowest BCUT2D eigenvalue weighted by Gasteiger charge is -2.23. The van der Waals surface area contributed by atoms with Gasteiger partial charge in [-0.3, -0.25) is 0 Å². The third-order valence-corrected chi connectivity index (χ3v) is 5.00. The first-order valence-electron chi connectivity index (χ1n) is 8.38. The Labute approximate surface area is 153 Å². The average molecular weight is 362 g/mol. The molecule has 6 heteroatoms. The molecule has 0 bridgehead atoms. The van der Waals surface area contributed by atoms with Gasteiger partial charge in [-0.1, -0.05) is 18.2 Å². The zero-order valence-electron chi connectivity index (χ0n) is 15.3. The standard InChI is InChI=1S/C19H27N3O2S/c1-5-20-18(22-13-19(3,23)17-7-6-10-25-17)21-12-15-8-9-16(24-4)14(2)11-15/h6-11,23H,5,12-13H2,1-4H3,(H2,20,21,22). The van der Waals surface area contributed by atoms with Crippen LogP contribution in [0.2, 0.25) is 0 Å². The normalized spacial score (nSPS) is 14.0. The van der Waals surface area contributed by atoms with E-state index in [1.165, 1.54) is 0 Å². The fourth-order valence-corrected chi connectivity index (χ4v) is 3.27. The van der Waals surface area contributed by atoms with Crippen LogP contribution in [0.5, 0.6) is 5.75 Å². The van der Waals surface area contributed by atoms with Crippen molar-refractivity contribution in [1.82, 2.24) is 10.6 Å². The minimum absolute atomic E-state index is 0.390. The smallest absolute Gasteiger partial charge is 0.191 e. The molecule has 5 nitrogen and oxygen atoms in total. The van der Waals surface area contributed by atoms with E-state index in [2.05, 4.69) is 21.7 Å². The lowest BCUT2D eigenvalue weighted by atomic mass is 10.1. The van der Waals surface area contributed by atoms with Crippen molar-refractivity contribution in [1.29, 1.82) is 0 Å². The first-order valence-corrected chi connectivity index (χ1v) is 9.26. The first kappa shape index (κ1) is 19.3. The van der Waals surface area contributed by atoms with Crippen LogP contribution in [0.4, 0.5) is 0 Å². The lowest BCUT2D eigenvalue weighted by molar-refractivity contribution is 0.0655. The van der Waals surface area contributed by atoms with Gasteiger partial charge in [-0.05, 0) is 49.4 Å². The van der Waals surface area contributed by atoms with Crippen molar-refractivity contribution in [3.05, 3.63) is 51.7 Å². The van der Waals surface area contributed by atoms with Gasteiger partial charge in [0.15, 0.2) is 5.96 Å². The molecule has 25 heavy (non-hydrogen) atoms. The molecular formula is C19H27N3O2S. The Morgan fingerprint density at radius 2 is 2.12 bits per heavy atom. The predicted molar refractivity (Wildman–Crippen MR) is 104 cm³/mol. The van der Waals surface area contributed by atoms with Gasteiger partial charge in [-0.2, -0.15) is 0 Å². The number of nitrogens with zero attached hydrogens (tertiary/aromatic N) is 1. The molecule has 0 saturated carbocycles. The van der Waals surface area contributed by atoms with E-state index in [1.54, 1.807) is 18.4 Å². The number of hydrogen-bond donors (Lipinski definition) is 3. The van der Waals surface area contributed by atoms with Crippen LogP contribution in [0.25, 0.3) is 0 Å². The molecule has 2 aromatic rings. The van der Waals surface area contributed by atoms with Gasteiger partial charge in [0.1, 0.15) is 11.4 Å². The number of methoxy groups -OCH3 is 1. The summed E-state index contributed by atoms with van der Waals surface area (Å²) in [5.74, 6) is 1.57. The number of aliphatic hydroxyl groups is 1. The van der Waals surface area contributed by atoms with Gasteiger partial charge < -0.3 is 20.5 Å². The zero-order valence-corrected chi connectivity index (χ0v) is 16.1. The monoisotopic (exact) mass is 361 g/mol. The van der Waals surface area contributed by atoms with Gasteiger partial charge in [0.05, 0.1) is 20.2 Å². The summed E-state index contributed by atoms with van der Waals surface area (Å²) < 4.78 is 5.29. The molecular weight excluding hydrogens is 334 g/mol. The van der Waals surface area contributed by atoms with E-state index in [9.17, 15) is 5.11 Å².